The fraction of sp³-hybridized carbons (Fsp3) is 0.875. The number of amides is 1. The summed E-state index contributed by atoms with van der Waals surface area (Å²) in [5.41, 5.74) is 5.50. The van der Waals surface area contributed by atoms with Gasteiger partial charge in [-0.25, -0.2) is 0 Å². The van der Waals surface area contributed by atoms with Crippen molar-refractivity contribution in [1.29, 1.82) is 0 Å². The zero-order chi connectivity index (χ0) is 8.27. The smallest absolute Gasteiger partial charge is 0.220 e. The maximum Gasteiger partial charge on any atom is 0.220 e. The first-order valence-corrected chi connectivity index (χ1v) is 4.25. The molecule has 1 amide bonds. The Morgan fingerprint density at radius 1 is 1.73 bits per heavy atom. The summed E-state index contributed by atoms with van der Waals surface area (Å²) in [5.74, 6) is 0.576. The van der Waals surface area contributed by atoms with Crippen molar-refractivity contribution in [2.45, 2.75) is 32.2 Å². The highest BCUT2D eigenvalue weighted by molar-refractivity contribution is 5.77. The third kappa shape index (κ3) is 2.19. The lowest BCUT2D eigenvalue weighted by atomic mass is 9.91. The predicted octanol–water partition coefficient (Wildman–Crippen LogP) is 0.250. The van der Waals surface area contributed by atoms with Gasteiger partial charge in [0, 0.05) is 12.5 Å². The van der Waals surface area contributed by atoms with Crippen LogP contribution in [0.2, 0.25) is 0 Å². The maximum absolute atomic E-state index is 11.0. The quantitative estimate of drug-likeness (QED) is 0.602. The highest BCUT2D eigenvalue weighted by Gasteiger charge is 2.23. The predicted molar refractivity (Wildman–Crippen MR) is 44.0 cm³/mol. The van der Waals surface area contributed by atoms with Crippen LogP contribution in [0.3, 0.4) is 0 Å². The van der Waals surface area contributed by atoms with Gasteiger partial charge < -0.3 is 11.1 Å². The molecule has 1 aliphatic heterocycles. The molecule has 64 valence electrons. The first-order valence-electron chi connectivity index (χ1n) is 4.25. The number of nitrogens with one attached hydrogen (secondary N) is 1. The number of hydrogen-bond donors (Lipinski definition) is 2. The summed E-state index contributed by atoms with van der Waals surface area (Å²) >= 11 is 0. The monoisotopic (exact) mass is 156 g/mol. The van der Waals surface area contributed by atoms with Crippen LogP contribution in [0.25, 0.3) is 0 Å². The first-order chi connectivity index (χ1) is 5.26. The van der Waals surface area contributed by atoms with Gasteiger partial charge in [-0.15, -0.1) is 0 Å². The minimum Gasteiger partial charge on any atom is -0.353 e. The van der Waals surface area contributed by atoms with Crippen molar-refractivity contribution in [2.75, 3.05) is 6.54 Å². The third-order valence-corrected chi connectivity index (χ3v) is 2.28. The molecule has 0 radical (unpaired) electrons. The number of nitrogens with two attached hydrogens (primary N) is 1. The van der Waals surface area contributed by atoms with E-state index >= 15 is 0 Å². The molecule has 0 aliphatic carbocycles. The fourth-order valence-electron chi connectivity index (χ4n) is 1.54. The zero-order valence-corrected chi connectivity index (χ0v) is 6.97. The average molecular weight is 156 g/mol. The van der Waals surface area contributed by atoms with E-state index in [1.165, 1.54) is 0 Å². The van der Waals surface area contributed by atoms with Gasteiger partial charge in [0.15, 0.2) is 0 Å². The van der Waals surface area contributed by atoms with Crippen molar-refractivity contribution >= 4 is 5.91 Å². The Morgan fingerprint density at radius 3 is 3.00 bits per heavy atom. The van der Waals surface area contributed by atoms with Crippen LogP contribution in [0.15, 0.2) is 0 Å². The first kappa shape index (κ1) is 8.53. The van der Waals surface area contributed by atoms with E-state index in [9.17, 15) is 4.79 Å². The molecule has 3 N–H and O–H groups in total. The second kappa shape index (κ2) is 3.72. The highest BCUT2D eigenvalue weighted by atomic mass is 16.1. The summed E-state index contributed by atoms with van der Waals surface area (Å²) in [5, 5.41) is 2.94. The molecule has 0 bridgehead atoms. The summed E-state index contributed by atoms with van der Waals surface area (Å²) in [6, 6.07) is 0.366. The van der Waals surface area contributed by atoms with Gasteiger partial charge in [0.05, 0.1) is 0 Å². The lowest BCUT2D eigenvalue weighted by Gasteiger charge is -2.28. The van der Waals surface area contributed by atoms with Crippen LogP contribution in [-0.4, -0.2) is 18.5 Å². The lowest BCUT2D eigenvalue weighted by molar-refractivity contribution is -0.124. The van der Waals surface area contributed by atoms with E-state index in [-0.39, 0.29) is 5.91 Å². The molecule has 1 fully saturated rings. The summed E-state index contributed by atoms with van der Waals surface area (Å²) < 4.78 is 0. The second-order valence-electron chi connectivity index (χ2n) is 3.21. The van der Waals surface area contributed by atoms with Crippen LogP contribution in [0.4, 0.5) is 0 Å². The van der Waals surface area contributed by atoms with E-state index in [0.717, 1.165) is 12.8 Å². The SMILES string of the molecule is CCC1CC(CN)CC(=O)N1. The second-order valence-corrected chi connectivity index (χ2v) is 3.21. The number of piperidine rings is 1. The molecule has 1 heterocycles. The van der Waals surface area contributed by atoms with Gasteiger partial charge in [0.25, 0.3) is 0 Å². The van der Waals surface area contributed by atoms with Crippen molar-refractivity contribution in [3.05, 3.63) is 0 Å². The van der Waals surface area contributed by atoms with Gasteiger partial charge in [-0.2, -0.15) is 0 Å². The Kier molecular flexibility index (Phi) is 2.88. The van der Waals surface area contributed by atoms with Crippen molar-refractivity contribution in [1.82, 2.24) is 5.32 Å². The van der Waals surface area contributed by atoms with Gasteiger partial charge in [-0.1, -0.05) is 6.92 Å². The zero-order valence-electron chi connectivity index (χ0n) is 6.97. The molecule has 0 aromatic carbocycles. The standard InChI is InChI=1S/C8H16N2O/c1-2-7-3-6(5-9)4-8(11)10-7/h6-7H,2-5,9H2,1H3,(H,10,11). The minimum absolute atomic E-state index is 0.165. The third-order valence-electron chi connectivity index (χ3n) is 2.28. The van der Waals surface area contributed by atoms with E-state index < -0.39 is 0 Å². The molecule has 1 saturated heterocycles. The molecule has 0 aromatic rings. The van der Waals surface area contributed by atoms with Gasteiger partial charge in [-0.3, -0.25) is 4.79 Å². The van der Waals surface area contributed by atoms with Crippen LogP contribution in [0.1, 0.15) is 26.2 Å². The van der Waals surface area contributed by atoms with Crippen LogP contribution in [-0.2, 0) is 4.79 Å². The molecular formula is C8H16N2O. The number of carbonyl (C=O) groups excluding carboxylic acids is 1. The van der Waals surface area contributed by atoms with Gasteiger partial charge in [0.2, 0.25) is 5.91 Å². The summed E-state index contributed by atoms with van der Waals surface area (Å²) in [6.07, 6.45) is 2.69. The average Bonchev–Trinajstić information content (AvgIpc) is 2.03. The molecule has 3 nitrogen and oxygen atoms in total. The van der Waals surface area contributed by atoms with E-state index in [1.807, 2.05) is 0 Å². The topological polar surface area (TPSA) is 55.1 Å². The van der Waals surface area contributed by atoms with Crippen LogP contribution in [0, 0.1) is 5.92 Å². The minimum atomic E-state index is 0.165. The maximum atomic E-state index is 11.0. The lowest BCUT2D eigenvalue weighted by Crippen LogP contribution is -2.43. The Balaban J connectivity index is 2.43. The molecule has 1 aliphatic rings. The summed E-state index contributed by atoms with van der Waals surface area (Å²) in [7, 11) is 0. The van der Waals surface area contributed by atoms with Crippen LogP contribution in [0.5, 0.6) is 0 Å². The van der Waals surface area contributed by atoms with Gasteiger partial charge in [-0.05, 0) is 25.3 Å². The molecule has 0 spiro atoms. The van der Waals surface area contributed by atoms with E-state index in [2.05, 4.69) is 12.2 Å². The molecule has 0 aromatic heterocycles. The molecule has 11 heavy (non-hydrogen) atoms. The van der Waals surface area contributed by atoms with E-state index in [0.29, 0.717) is 24.9 Å². The van der Waals surface area contributed by atoms with Crippen molar-refractivity contribution in [2.24, 2.45) is 11.7 Å². The largest absolute Gasteiger partial charge is 0.353 e. The number of rotatable bonds is 2. The molecule has 2 atom stereocenters. The normalized spacial score (nSPS) is 31.6. The summed E-state index contributed by atoms with van der Waals surface area (Å²) in [6.45, 7) is 2.73. The Hall–Kier alpha value is -0.570. The van der Waals surface area contributed by atoms with Crippen molar-refractivity contribution < 1.29 is 4.79 Å². The van der Waals surface area contributed by atoms with E-state index in [1.54, 1.807) is 0 Å². The van der Waals surface area contributed by atoms with Crippen molar-refractivity contribution in [3.8, 4) is 0 Å². The Bertz CT molecular complexity index is 133. The highest BCUT2D eigenvalue weighted by Crippen LogP contribution is 2.17. The van der Waals surface area contributed by atoms with Crippen molar-refractivity contribution in [3.63, 3.8) is 0 Å². The van der Waals surface area contributed by atoms with Crippen LogP contribution < -0.4 is 11.1 Å². The molecule has 3 heteroatoms. The number of hydrogen-bond acceptors (Lipinski definition) is 2. The molecular weight excluding hydrogens is 140 g/mol. The van der Waals surface area contributed by atoms with E-state index in [4.69, 9.17) is 5.73 Å². The molecule has 1 rings (SSSR count). The van der Waals surface area contributed by atoms with Gasteiger partial charge in [0.1, 0.15) is 0 Å². The summed E-state index contributed by atoms with van der Waals surface area (Å²) in [4.78, 5) is 11.0. The Labute approximate surface area is 67.3 Å². The van der Waals surface area contributed by atoms with Crippen LogP contribution >= 0.6 is 0 Å². The fourth-order valence-corrected chi connectivity index (χ4v) is 1.54. The van der Waals surface area contributed by atoms with Gasteiger partial charge >= 0.3 is 0 Å². The number of carbonyl (C=O) groups is 1. The molecule has 0 saturated carbocycles. The molecule has 2 unspecified atom stereocenters. The Morgan fingerprint density at radius 2 is 2.45 bits per heavy atom.